The van der Waals surface area contributed by atoms with E-state index in [-0.39, 0.29) is 10.8 Å². The van der Waals surface area contributed by atoms with Crippen molar-refractivity contribution < 1.29 is 5.11 Å². The molecule has 2 heterocycles. The number of aromatic hydroxyl groups is 1. The molecule has 1 aliphatic rings. The number of aliphatic imine (C=N–C) groups is 1. The van der Waals surface area contributed by atoms with Gasteiger partial charge in [0.2, 0.25) is 5.88 Å². The maximum absolute atomic E-state index is 11.1. The van der Waals surface area contributed by atoms with E-state index in [1.807, 2.05) is 24.3 Å². The first-order valence-electron chi connectivity index (χ1n) is 5.01. The number of rotatable bonds is 1. The number of nitrogens with zero attached hydrogens (tertiary/aromatic N) is 1. The first-order chi connectivity index (χ1) is 8.24. The lowest BCUT2D eigenvalue weighted by Crippen LogP contribution is -1.89. The van der Waals surface area contributed by atoms with Crippen LogP contribution in [0.5, 0.6) is 5.88 Å². The molecule has 0 saturated heterocycles. The van der Waals surface area contributed by atoms with Crippen molar-refractivity contribution in [2.75, 3.05) is 0 Å². The number of aromatic amines is 1. The lowest BCUT2D eigenvalue weighted by atomic mass is 10.1. The Labute approximate surface area is 101 Å². The van der Waals surface area contributed by atoms with Crippen LogP contribution in [0.4, 0.5) is 5.69 Å². The Hall–Kier alpha value is -2.14. The quantitative estimate of drug-likeness (QED) is 0.809. The van der Waals surface area contributed by atoms with Gasteiger partial charge in [-0.3, -0.25) is 14.8 Å². The van der Waals surface area contributed by atoms with E-state index in [0.29, 0.717) is 4.88 Å². The van der Waals surface area contributed by atoms with Gasteiger partial charge < -0.3 is 5.11 Å². The summed E-state index contributed by atoms with van der Waals surface area (Å²) in [5.74, 6) is -0.0923. The number of allylic oxidation sites excluding steroid dienone is 1. The fourth-order valence-electron chi connectivity index (χ4n) is 1.73. The molecule has 0 atom stereocenters. The third kappa shape index (κ3) is 1.70. The van der Waals surface area contributed by atoms with Crippen LogP contribution in [0.3, 0.4) is 0 Å². The second-order valence-corrected chi connectivity index (χ2v) is 4.62. The van der Waals surface area contributed by atoms with Crippen LogP contribution in [0.2, 0.25) is 0 Å². The van der Waals surface area contributed by atoms with Gasteiger partial charge in [0.25, 0.3) is 0 Å². The van der Waals surface area contributed by atoms with E-state index in [4.69, 9.17) is 0 Å². The van der Waals surface area contributed by atoms with E-state index in [9.17, 15) is 9.90 Å². The number of aromatic nitrogens is 1. The molecular weight excluding hydrogens is 236 g/mol. The molecule has 2 aromatic rings. The zero-order chi connectivity index (χ0) is 11.8. The lowest BCUT2D eigenvalue weighted by molar-refractivity contribution is 0.455. The second kappa shape index (κ2) is 3.71. The highest BCUT2D eigenvalue weighted by Crippen LogP contribution is 2.33. The fourth-order valence-corrected chi connectivity index (χ4v) is 2.41. The average molecular weight is 244 g/mol. The molecule has 84 valence electrons. The van der Waals surface area contributed by atoms with Crippen LogP contribution in [0, 0.1) is 0 Å². The molecule has 4 nitrogen and oxygen atoms in total. The minimum absolute atomic E-state index is 0.0923. The van der Waals surface area contributed by atoms with Crippen molar-refractivity contribution in [2.45, 2.75) is 0 Å². The highest BCUT2D eigenvalue weighted by molar-refractivity contribution is 7.10. The summed E-state index contributed by atoms with van der Waals surface area (Å²) >= 11 is 0.977. The molecule has 0 aliphatic carbocycles. The number of fused-ring (bicyclic) bond motifs is 1. The number of benzene rings is 1. The Kier molecular flexibility index (Phi) is 2.19. The minimum Gasteiger partial charge on any atom is -0.493 e. The van der Waals surface area contributed by atoms with E-state index in [2.05, 4.69) is 9.98 Å². The molecule has 1 aromatic heterocycles. The Morgan fingerprint density at radius 3 is 2.94 bits per heavy atom. The van der Waals surface area contributed by atoms with Gasteiger partial charge in [-0.05, 0) is 12.1 Å². The molecule has 5 heteroatoms. The second-order valence-electron chi connectivity index (χ2n) is 3.60. The van der Waals surface area contributed by atoms with E-state index in [1.54, 1.807) is 12.3 Å². The topological polar surface area (TPSA) is 65.5 Å². The third-order valence-electron chi connectivity index (χ3n) is 2.50. The number of H-pyrrole nitrogens is 1. The largest absolute Gasteiger partial charge is 0.493 e. The molecule has 0 saturated carbocycles. The zero-order valence-electron chi connectivity index (χ0n) is 8.68. The van der Waals surface area contributed by atoms with Crippen LogP contribution >= 0.6 is 11.3 Å². The van der Waals surface area contributed by atoms with Gasteiger partial charge in [0.15, 0.2) is 0 Å². The molecule has 0 amide bonds. The van der Waals surface area contributed by atoms with Crippen LogP contribution in [0.15, 0.2) is 34.1 Å². The summed E-state index contributed by atoms with van der Waals surface area (Å²) in [5, 5.41) is 9.51. The van der Waals surface area contributed by atoms with E-state index in [1.165, 1.54) is 0 Å². The summed E-state index contributed by atoms with van der Waals surface area (Å²) in [5.41, 5.74) is 2.81. The molecular formula is C12H8N2O2S. The van der Waals surface area contributed by atoms with Gasteiger partial charge >= 0.3 is 4.87 Å². The molecule has 0 bridgehead atoms. The molecule has 1 aromatic carbocycles. The molecule has 0 spiro atoms. The Morgan fingerprint density at radius 2 is 2.18 bits per heavy atom. The SMILES string of the molecule is O=c1[nH]c(O)c(C=C2C=Nc3ccccc32)s1. The molecule has 0 fully saturated rings. The van der Waals surface area contributed by atoms with Crippen molar-refractivity contribution >= 4 is 34.9 Å². The van der Waals surface area contributed by atoms with Gasteiger partial charge in [0, 0.05) is 17.4 Å². The zero-order valence-corrected chi connectivity index (χ0v) is 9.49. The van der Waals surface area contributed by atoms with Gasteiger partial charge in [-0.15, -0.1) is 0 Å². The highest BCUT2D eigenvalue weighted by Gasteiger charge is 2.12. The van der Waals surface area contributed by atoms with Crippen molar-refractivity contribution in [2.24, 2.45) is 4.99 Å². The summed E-state index contributed by atoms with van der Waals surface area (Å²) < 4.78 is 0. The average Bonchev–Trinajstić information content (AvgIpc) is 2.85. The third-order valence-corrected chi connectivity index (χ3v) is 3.32. The number of hydrogen-bond acceptors (Lipinski definition) is 4. The van der Waals surface area contributed by atoms with Gasteiger partial charge in [0.1, 0.15) is 0 Å². The van der Waals surface area contributed by atoms with Gasteiger partial charge in [-0.1, -0.05) is 29.5 Å². The van der Waals surface area contributed by atoms with Crippen LogP contribution in [-0.2, 0) is 0 Å². The molecule has 17 heavy (non-hydrogen) atoms. The van der Waals surface area contributed by atoms with Crippen LogP contribution in [-0.4, -0.2) is 16.3 Å². The Bertz CT molecular complexity index is 695. The molecule has 1 aliphatic heterocycles. The van der Waals surface area contributed by atoms with Crippen molar-refractivity contribution in [3.8, 4) is 5.88 Å². The standard InChI is InChI=1S/C12H8N2O2S/c15-11-10(17-12(16)14-11)5-7-6-13-9-4-2-1-3-8(7)9/h1-6,15H,(H,14,16). The first-order valence-corrected chi connectivity index (χ1v) is 5.83. The molecule has 0 unspecified atom stereocenters. The predicted octanol–water partition coefficient (Wildman–Crippen LogP) is 2.40. The van der Waals surface area contributed by atoms with Crippen molar-refractivity contribution in [3.63, 3.8) is 0 Å². The highest BCUT2D eigenvalue weighted by atomic mass is 32.1. The predicted molar refractivity (Wildman–Crippen MR) is 69.1 cm³/mol. The fraction of sp³-hybridized carbons (Fsp3) is 0. The molecule has 2 N–H and O–H groups in total. The Balaban J connectivity index is 2.11. The smallest absolute Gasteiger partial charge is 0.307 e. The maximum Gasteiger partial charge on any atom is 0.307 e. The van der Waals surface area contributed by atoms with Crippen molar-refractivity contribution in [1.29, 1.82) is 0 Å². The van der Waals surface area contributed by atoms with E-state index < -0.39 is 0 Å². The van der Waals surface area contributed by atoms with Crippen LogP contribution in [0.25, 0.3) is 11.6 Å². The van der Waals surface area contributed by atoms with Crippen LogP contribution < -0.4 is 4.87 Å². The monoisotopic (exact) mass is 244 g/mol. The van der Waals surface area contributed by atoms with E-state index >= 15 is 0 Å². The molecule has 3 rings (SSSR count). The van der Waals surface area contributed by atoms with Crippen LogP contribution in [0.1, 0.15) is 10.4 Å². The van der Waals surface area contributed by atoms with E-state index in [0.717, 1.165) is 28.2 Å². The summed E-state index contributed by atoms with van der Waals surface area (Å²) in [7, 11) is 0. The number of thiazole rings is 1. The lowest BCUT2D eigenvalue weighted by Gasteiger charge is -1.97. The van der Waals surface area contributed by atoms with Gasteiger partial charge in [-0.25, -0.2) is 0 Å². The minimum atomic E-state index is -0.266. The van der Waals surface area contributed by atoms with Gasteiger partial charge in [-0.2, -0.15) is 0 Å². The maximum atomic E-state index is 11.1. The summed E-state index contributed by atoms with van der Waals surface area (Å²) in [6.45, 7) is 0. The molecule has 0 radical (unpaired) electrons. The first kappa shape index (κ1) is 10.0. The van der Waals surface area contributed by atoms with Crippen molar-refractivity contribution in [3.05, 3.63) is 44.4 Å². The van der Waals surface area contributed by atoms with Gasteiger partial charge in [0.05, 0.1) is 10.6 Å². The number of hydrogen-bond donors (Lipinski definition) is 2. The normalized spacial score (nSPS) is 15.4. The summed E-state index contributed by atoms with van der Waals surface area (Å²) in [4.78, 5) is 17.9. The number of nitrogens with one attached hydrogen (secondary N) is 1. The summed E-state index contributed by atoms with van der Waals surface area (Å²) in [6.07, 6.45) is 3.49. The van der Waals surface area contributed by atoms with Crippen molar-refractivity contribution in [1.82, 2.24) is 4.98 Å². The Morgan fingerprint density at radius 1 is 1.35 bits per heavy atom. The number of para-hydroxylation sites is 1. The summed E-state index contributed by atoms with van der Waals surface area (Å²) in [6, 6.07) is 7.73.